The van der Waals surface area contributed by atoms with Gasteiger partial charge in [-0.3, -0.25) is 9.69 Å². The van der Waals surface area contributed by atoms with Crippen molar-refractivity contribution < 1.29 is 9.53 Å². The van der Waals surface area contributed by atoms with E-state index in [0.717, 1.165) is 31.9 Å². The standard InChI is InChI=1S/C22H28N2O2/c1-22(23(2)3,21(25)19-7-5-4-6-8-19)17-18-9-11-20(12-10-18)24-13-15-26-16-14-24/h4-12H,13-17H2,1-3H3. The summed E-state index contributed by atoms with van der Waals surface area (Å²) in [6, 6.07) is 18.2. The van der Waals surface area contributed by atoms with Crippen LogP contribution < -0.4 is 4.90 Å². The van der Waals surface area contributed by atoms with E-state index in [0.29, 0.717) is 6.42 Å². The Morgan fingerprint density at radius 1 is 1.04 bits per heavy atom. The summed E-state index contributed by atoms with van der Waals surface area (Å²) in [5.74, 6) is 0.153. The van der Waals surface area contributed by atoms with Gasteiger partial charge in [-0.05, 0) is 45.1 Å². The van der Waals surface area contributed by atoms with Crippen molar-refractivity contribution in [3.8, 4) is 0 Å². The lowest BCUT2D eigenvalue weighted by molar-refractivity contribution is 0.0719. The minimum absolute atomic E-state index is 0.153. The highest BCUT2D eigenvalue weighted by molar-refractivity contribution is 6.03. The maximum absolute atomic E-state index is 13.2. The third-order valence-electron chi connectivity index (χ3n) is 5.37. The Morgan fingerprint density at radius 2 is 1.65 bits per heavy atom. The molecule has 138 valence electrons. The maximum atomic E-state index is 13.2. The van der Waals surface area contributed by atoms with Gasteiger partial charge in [0.05, 0.1) is 18.8 Å². The zero-order valence-corrected chi connectivity index (χ0v) is 15.9. The molecule has 0 spiro atoms. The lowest BCUT2D eigenvalue weighted by Gasteiger charge is -2.35. The minimum atomic E-state index is -0.582. The largest absolute Gasteiger partial charge is 0.378 e. The number of hydrogen-bond acceptors (Lipinski definition) is 4. The van der Waals surface area contributed by atoms with Crippen LogP contribution in [0.5, 0.6) is 0 Å². The Hall–Kier alpha value is -2.17. The molecule has 0 aliphatic carbocycles. The lowest BCUT2D eigenvalue weighted by atomic mass is 9.84. The van der Waals surface area contributed by atoms with Gasteiger partial charge in [0.2, 0.25) is 0 Å². The molecule has 0 bridgehead atoms. The molecule has 0 saturated carbocycles. The quantitative estimate of drug-likeness (QED) is 0.747. The van der Waals surface area contributed by atoms with E-state index < -0.39 is 5.54 Å². The van der Waals surface area contributed by atoms with Gasteiger partial charge in [0.1, 0.15) is 0 Å². The van der Waals surface area contributed by atoms with E-state index in [2.05, 4.69) is 29.2 Å². The molecule has 1 unspecified atom stereocenters. The molecule has 26 heavy (non-hydrogen) atoms. The van der Waals surface area contributed by atoms with Gasteiger partial charge in [0, 0.05) is 24.3 Å². The average molecular weight is 352 g/mol. The van der Waals surface area contributed by atoms with Crippen LogP contribution >= 0.6 is 0 Å². The molecule has 0 aromatic heterocycles. The zero-order chi connectivity index (χ0) is 18.6. The summed E-state index contributed by atoms with van der Waals surface area (Å²) in [5.41, 5.74) is 2.57. The number of rotatable bonds is 6. The topological polar surface area (TPSA) is 32.8 Å². The predicted molar refractivity (Wildman–Crippen MR) is 106 cm³/mol. The number of nitrogens with zero attached hydrogens (tertiary/aromatic N) is 2. The molecule has 2 aromatic carbocycles. The van der Waals surface area contributed by atoms with Crippen molar-refractivity contribution in [3.63, 3.8) is 0 Å². The van der Waals surface area contributed by atoms with Crippen LogP contribution in [0, 0.1) is 0 Å². The molecule has 0 amide bonds. The molecule has 1 saturated heterocycles. The smallest absolute Gasteiger partial charge is 0.183 e. The number of likely N-dealkylation sites (N-methyl/N-ethyl adjacent to an activating group) is 1. The predicted octanol–water partition coefficient (Wildman–Crippen LogP) is 3.27. The van der Waals surface area contributed by atoms with Crippen molar-refractivity contribution in [1.82, 2.24) is 4.90 Å². The van der Waals surface area contributed by atoms with E-state index in [1.54, 1.807) is 0 Å². The fraction of sp³-hybridized carbons (Fsp3) is 0.409. The van der Waals surface area contributed by atoms with Gasteiger partial charge in [-0.25, -0.2) is 0 Å². The molecule has 4 nitrogen and oxygen atoms in total. The molecule has 1 aliphatic rings. The van der Waals surface area contributed by atoms with Crippen molar-refractivity contribution in [2.75, 3.05) is 45.3 Å². The monoisotopic (exact) mass is 352 g/mol. The van der Waals surface area contributed by atoms with Gasteiger partial charge < -0.3 is 9.64 Å². The first-order valence-corrected chi connectivity index (χ1v) is 9.19. The zero-order valence-electron chi connectivity index (χ0n) is 15.9. The Morgan fingerprint density at radius 3 is 2.23 bits per heavy atom. The van der Waals surface area contributed by atoms with Crippen LogP contribution in [-0.2, 0) is 11.2 Å². The summed E-state index contributed by atoms with van der Waals surface area (Å²) in [6.45, 7) is 5.46. The number of Topliss-reactive ketones (excluding diaryl/α,β-unsaturated/α-hetero) is 1. The molecule has 3 rings (SSSR count). The Kier molecular flexibility index (Phi) is 5.74. The number of benzene rings is 2. The summed E-state index contributed by atoms with van der Waals surface area (Å²) in [6.07, 6.45) is 0.678. The van der Waals surface area contributed by atoms with Crippen LogP contribution in [0.3, 0.4) is 0 Å². The van der Waals surface area contributed by atoms with Crippen molar-refractivity contribution in [2.24, 2.45) is 0 Å². The first-order chi connectivity index (χ1) is 12.5. The number of carbonyl (C=O) groups is 1. The average Bonchev–Trinajstić information content (AvgIpc) is 2.69. The van der Waals surface area contributed by atoms with E-state index in [1.165, 1.54) is 11.3 Å². The highest BCUT2D eigenvalue weighted by Crippen LogP contribution is 2.25. The summed E-state index contributed by atoms with van der Waals surface area (Å²) < 4.78 is 5.42. The molecule has 1 fully saturated rings. The van der Waals surface area contributed by atoms with E-state index in [-0.39, 0.29) is 5.78 Å². The van der Waals surface area contributed by atoms with E-state index in [1.807, 2.05) is 56.3 Å². The third-order valence-corrected chi connectivity index (χ3v) is 5.37. The number of ether oxygens (including phenoxy) is 1. The molecule has 4 heteroatoms. The lowest BCUT2D eigenvalue weighted by Crippen LogP contribution is -2.50. The van der Waals surface area contributed by atoms with Gasteiger partial charge >= 0.3 is 0 Å². The first-order valence-electron chi connectivity index (χ1n) is 9.19. The number of carbonyl (C=O) groups excluding carboxylic acids is 1. The molecular formula is C22H28N2O2. The van der Waals surface area contributed by atoms with E-state index in [9.17, 15) is 4.79 Å². The van der Waals surface area contributed by atoms with Gasteiger partial charge in [-0.1, -0.05) is 42.5 Å². The summed E-state index contributed by atoms with van der Waals surface area (Å²) in [4.78, 5) is 17.5. The molecule has 0 N–H and O–H groups in total. The normalized spacial score (nSPS) is 17.2. The molecular weight excluding hydrogens is 324 g/mol. The van der Waals surface area contributed by atoms with Crippen LogP contribution in [0.25, 0.3) is 0 Å². The number of morpholine rings is 1. The van der Waals surface area contributed by atoms with Crippen LogP contribution in [0.2, 0.25) is 0 Å². The number of anilines is 1. The van der Waals surface area contributed by atoms with Crippen LogP contribution in [0.4, 0.5) is 5.69 Å². The summed E-state index contributed by atoms with van der Waals surface area (Å²) >= 11 is 0. The second-order valence-electron chi connectivity index (χ2n) is 7.31. The summed E-state index contributed by atoms with van der Waals surface area (Å²) in [7, 11) is 3.95. The fourth-order valence-corrected chi connectivity index (χ4v) is 3.39. The molecule has 2 aromatic rings. The SMILES string of the molecule is CN(C)C(C)(Cc1ccc(N2CCOCC2)cc1)C(=O)c1ccccc1. The Bertz CT molecular complexity index is 722. The van der Waals surface area contributed by atoms with Crippen LogP contribution in [0.15, 0.2) is 54.6 Å². The highest BCUT2D eigenvalue weighted by Gasteiger charge is 2.36. The first kappa shape index (κ1) is 18.6. The van der Waals surface area contributed by atoms with Crippen molar-refractivity contribution in [1.29, 1.82) is 0 Å². The van der Waals surface area contributed by atoms with Gasteiger partial charge in [-0.2, -0.15) is 0 Å². The third kappa shape index (κ3) is 3.97. The Labute approximate surface area is 156 Å². The van der Waals surface area contributed by atoms with Gasteiger partial charge in [0.15, 0.2) is 5.78 Å². The maximum Gasteiger partial charge on any atom is 0.183 e. The second kappa shape index (κ2) is 8.02. The van der Waals surface area contributed by atoms with Crippen molar-refractivity contribution in [3.05, 3.63) is 65.7 Å². The minimum Gasteiger partial charge on any atom is -0.378 e. The number of hydrogen-bond donors (Lipinski definition) is 0. The molecule has 1 atom stereocenters. The van der Waals surface area contributed by atoms with Crippen LogP contribution in [-0.4, -0.2) is 56.6 Å². The highest BCUT2D eigenvalue weighted by atomic mass is 16.5. The molecule has 1 aliphatic heterocycles. The fourth-order valence-electron chi connectivity index (χ4n) is 3.39. The van der Waals surface area contributed by atoms with Gasteiger partial charge in [-0.15, -0.1) is 0 Å². The van der Waals surface area contributed by atoms with Gasteiger partial charge in [0.25, 0.3) is 0 Å². The Balaban J connectivity index is 1.78. The van der Waals surface area contributed by atoms with E-state index >= 15 is 0 Å². The van der Waals surface area contributed by atoms with Crippen molar-refractivity contribution >= 4 is 11.5 Å². The summed E-state index contributed by atoms with van der Waals surface area (Å²) in [5, 5.41) is 0. The van der Waals surface area contributed by atoms with E-state index in [4.69, 9.17) is 4.74 Å². The molecule has 1 heterocycles. The molecule has 0 radical (unpaired) electrons. The number of ketones is 1. The van der Waals surface area contributed by atoms with Crippen molar-refractivity contribution in [2.45, 2.75) is 18.9 Å². The van der Waals surface area contributed by atoms with Crippen LogP contribution in [0.1, 0.15) is 22.8 Å². The second-order valence-corrected chi connectivity index (χ2v) is 7.31.